The molecule has 0 aliphatic rings. The van der Waals surface area contributed by atoms with Crippen LogP contribution in [0.15, 0.2) is 24.3 Å². The Balaban J connectivity index is 2.81. The zero-order valence-electron chi connectivity index (χ0n) is 6.53. The fourth-order valence-electron chi connectivity index (χ4n) is 0.889. The number of hydrogen-bond acceptors (Lipinski definition) is 0. The molecule has 0 N–H and O–H groups in total. The zero-order chi connectivity index (χ0) is 9.90. The second-order valence-corrected chi connectivity index (χ2v) is 4.81. The average molecular weight is 271 g/mol. The first-order valence-corrected chi connectivity index (χ1v) is 7.00. The van der Waals surface area contributed by atoms with Gasteiger partial charge in [-0.1, -0.05) is 27.6 Å². The molecule has 13 heavy (non-hydrogen) atoms. The lowest BCUT2D eigenvalue weighted by atomic mass is 10.1. The number of alkyl halides is 3. The van der Waals surface area contributed by atoms with Crippen LogP contribution >= 0.6 is 22.8 Å². The van der Waals surface area contributed by atoms with Gasteiger partial charge in [0, 0.05) is 0 Å². The van der Waals surface area contributed by atoms with Crippen molar-refractivity contribution < 1.29 is 13.2 Å². The first-order chi connectivity index (χ1) is 6.04. The van der Waals surface area contributed by atoms with Crippen molar-refractivity contribution in [3.05, 3.63) is 35.4 Å². The molecule has 0 aromatic heterocycles. The maximum Gasteiger partial charge on any atom is 0.416 e. The lowest BCUT2D eigenvalue weighted by molar-refractivity contribution is -0.137. The minimum absolute atomic E-state index is 0.550. The van der Waals surface area contributed by atoms with Crippen LogP contribution in [0.3, 0.4) is 0 Å². The van der Waals surface area contributed by atoms with Crippen LogP contribution in [0.2, 0.25) is 0 Å². The molecule has 0 fully saturated rings. The normalized spacial score (nSPS) is 12.6. The number of rotatable bonds is 2. The second kappa shape index (κ2) is 4.43. The second-order valence-electron chi connectivity index (χ2n) is 2.51. The summed E-state index contributed by atoms with van der Waals surface area (Å²) in [7, 11) is 0.550. The van der Waals surface area contributed by atoms with E-state index in [0.717, 1.165) is 23.9 Å². The Kier molecular flexibility index (Phi) is 3.74. The predicted molar refractivity (Wildman–Crippen MR) is 52.4 cm³/mol. The molecule has 0 amide bonds. The van der Waals surface area contributed by atoms with Crippen LogP contribution in [0.1, 0.15) is 11.1 Å². The van der Waals surface area contributed by atoms with Gasteiger partial charge in [0.15, 0.2) is 0 Å². The summed E-state index contributed by atoms with van der Waals surface area (Å²) in [5.74, 6) is 0. The van der Waals surface area contributed by atoms with Crippen LogP contribution < -0.4 is 0 Å². The summed E-state index contributed by atoms with van der Waals surface area (Å²) < 4.78 is 36.3. The molecule has 1 unspecified atom stereocenters. The lowest BCUT2D eigenvalue weighted by Gasteiger charge is -2.06. The molecule has 0 aliphatic carbocycles. The fourth-order valence-corrected chi connectivity index (χ4v) is 2.25. The monoisotopic (exact) mass is 270 g/mol. The molecule has 1 atom stereocenters. The molecule has 72 valence electrons. The van der Waals surface area contributed by atoms with Gasteiger partial charge in [0.05, 0.1) is 5.56 Å². The third-order valence-electron chi connectivity index (χ3n) is 1.55. The standard InChI is InChI=1S/C8H7BrF3P/c9-13-5-6-1-3-7(4-2-6)8(10,11)12/h1-4,13H,5H2. The maximum atomic E-state index is 12.1. The number of halogens is 4. The zero-order valence-corrected chi connectivity index (χ0v) is 9.11. The summed E-state index contributed by atoms with van der Waals surface area (Å²) in [6.45, 7) is 0. The Labute approximate surface area is 84.1 Å². The van der Waals surface area contributed by atoms with Crippen LogP contribution in [0, 0.1) is 0 Å². The largest absolute Gasteiger partial charge is 0.416 e. The van der Waals surface area contributed by atoms with Gasteiger partial charge in [-0.3, -0.25) is 0 Å². The first kappa shape index (κ1) is 11.0. The van der Waals surface area contributed by atoms with Crippen molar-refractivity contribution >= 4 is 22.8 Å². The molecule has 1 aromatic rings. The van der Waals surface area contributed by atoms with E-state index < -0.39 is 11.7 Å². The van der Waals surface area contributed by atoms with Gasteiger partial charge in [-0.15, -0.1) is 0 Å². The van der Waals surface area contributed by atoms with Crippen LogP contribution in [-0.2, 0) is 12.3 Å². The van der Waals surface area contributed by atoms with E-state index in [1.54, 1.807) is 0 Å². The molecule has 0 nitrogen and oxygen atoms in total. The van der Waals surface area contributed by atoms with Gasteiger partial charge < -0.3 is 0 Å². The van der Waals surface area contributed by atoms with Crippen molar-refractivity contribution in [3.63, 3.8) is 0 Å². The Morgan fingerprint density at radius 2 is 1.69 bits per heavy atom. The van der Waals surface area contributed by atoms with Gasteiger partial charge in [-0.05, 0) is 31.1 Å². The van der Waals surface area contributed by atoms with Gasteiger partial charge in [0.2, 0.25) is 0 Å². The molecular weight excluding hydrogens is 264 g/mol. The highest BCUT2D eigenvalue weighted by atomic mass is 79.9. The van der Waals surface area contributed by atoms with E-state index in [2.05, 4.69) is 15.5 Å². The molecule has 1 rings (SSSR count). The van der Waals surface area contributed by atoms with E-state index >= 15 is 0 Å². The van der Waals surface area contributed by atoms with Gasteiger partial charge in [0.25, 0.3) is 0 Å². The Morgan fingerprint density at radius 3 is 2.08 bits per heavy atom. The van der Waals surface area contributed by atoms with Gasteiger partial charge in [-0.25, -0.2) is 0 Å². The number of benzene rings is 1. The van der Waals surface area contributed by atoms with E-state index in [1.165, 1.54) is 12.1 Å². The third kappa shape index (κ3) is 3.28. The molecule has 0 aliphatic heterocycles. The highest BCUT2D eigenvalue weighted by molar-refractivity contribution is 9.36. The Hall–Kier alpha value is -0.0800. The summed E-state index contributed by atoms with van der Waals surface area (Å²) in [6, 6.07) is 5.25. The first-order valence-electron chi connectivity index (χ1n) is 3.53. The summed E-state index contributed by atoms with van der Waals surface area (Å²) in [5, 5.41) is 0. The smallest absolute Gasteiger partial charge is 0.166 e. The third-order valence-corrected chi connectivity index (χ3v) is 2.94. The molecule has 5 heteroatoms. The molecule has 0 heterocycles. The Bertz CT molecular complexity index is 268. The molecule has 0 bridgehead atoms. The summed E-state index contributed by atoms with van der Waals surface area (Å²) in [5.41, 5.74) is 0.331. The van der Waals surface area contributed by atoms with Crippen LogP contribution in [0.25, 0.3) is 0 Å². The molecule has 0 saturated heterocycles. The molecule has 0 radical (unpaired) electrons. The van der Waals surface area contributed by atoms with Gasteiger partial charge in [0.1, 0.15) is 0 Å². The highest BCUT2D eigenvalue weighted by Gasteiger charge is 2.29. The van der Waals surface area contributed by atoms with Crippen LogP contribution in [0.5, 0.6) is 0 Å². The topological polar surface area (TPSA) is 0 Å². The molecule has 0 spiro atoms. The van der Waals surface area contributed by atoms with E-state index in [0.29, 0.717) is 7.28 Å². The van der Waals surface area contributed by atoms with Crippen molar-refractivity contribution in [1.82, 2.24) is 0 Å². The fraction of sp³-hybridized carbons (Fsp3) is 0.250. The van der Waals surface area contributed by atoms with E-state index in [-0.39, 0.29) is 0 Å². The minimum atomic E-state index is -4.23. The Morgan fingerprint density at radius 1 is 1.15 bits per heavy atom. The van der Waals surface area contributed by atoms with Crippen molar-refractivity contribution in [2.75, 3.05) is 0 Å². The quantitative estimate of drug-likeness (QED) is 0.707. The summed E-state index contributed by atoms with van der Waals surface area (Å²) >= 11 is 3.25. The lowest BCUT2D eigenvalue weighted by Crippen LogP contribution is -2.04. The van der Waals surface area contributed by atoms with Crippen LogP contribution in [0.4, 0.5) is 13.2 Å². The van der Waals surface area contributed by atoms with E-state index in [4.69, 9.17) is 0 Å². The SMILES string of the molecule is FC(F)(F)c1ccc(CPBr)cc1. The van der Waals surface area contributed by atoms with E-state index in [1.807, 2.05) is 0 Å². The van der Waals surface area contributed by atoms with Gasteiger partial charge >= 0.3 is 6.18 Å². The number of hydrogen-bond donors (Lipinski definition) is 0. The minimum Gasteiger partial charge on any atom is -0.166 e. The summed E-state index contributed by atoms with van der Waals surface area (Å²) in [4.78, 5) is 0. The van der Waals surface area contributed by atoms with Gasteiger partial charge in [-0.2, -0.15) is 13.2 Å². The van der Waals surface area contributed by atoms with Crippen molar-refractivity contribution in [2.24, 2.45) is 0 Å². The molecular formula is C8H7BrF3P. The van der Waals surface area contributed by atoms with E-state index in [9.17, 15) is 13.2 Å². The van der Waals surface area contributed by atoms with Crippen LogP contribution in [-0.4, -0.2) is 0 Å². The highest BCUT2D eigenvalue weighted by Crippen LogP contribution is 2.31. The van der Waals surface area contributed by atoms with Crippen molar-refractivity contribution in [3.8, 4) is 0 Å². The molecule has 0 saturated carbocycles. The molecule has 1 aromatic carbocycles. The summed E-state index contributed by atoms with van der Waals surface area (Å²) in [6.07, 6.45) is -3.45. The predicted octanol–water partition coefficient (Wildman–Crippen LogP) is 4.19. The van der Waals surface area contributed by atoms with Crippen molar-refractivity contribution in [2.45, 2.75) is 12.3 Å². The average Bonchev–Trinajstić information content (AvgIpc) is 2.04. The van der Waals surface area contributed by atoms with Crippen molar-refractivity contribution in [1.29, 1.82) is 0 Å². The maximum absolute atomic E-state index is 12.1.